The summed E-state index contributed by atoms with van der Waals surface area (Å²) in [4.78, 5) is 45.6. The Hall–Kier alpha value is -4.49. The number of aromatic amines is 1. The van der Waals surface area contributed by atoms with Crippen molar-refractivity contribution in [2.75, 3.05) is 18.5 Å². The maximum atomic E-state index is 13.1. The Morgan fingerprint density at radius 1 is 1.15 bits per heavy atom. The Labute approximate surface area is 188 Å². The lowest BCUT2D eigenvalue weighted by atomic mass is 10.1. The van der Waals surface area contributed by atoms with Crippen molar-refractivity contribution in [1.82, 2.24) is 15.5 Å². The fourth-order valence-electron chi connectivity index (χ4n) is 2.89. The Morgan fingerprint density at radius 3 is 2.59 bits per heavy atom. The SMILES string of the molecule is O=C(COC(=O)CCNC(=O)c1n[nH]c2ccccc12)Nc1ccc([N+](=O)[O-])cc1C(F)(F)F. The molecule has 0 aliphatic rings. The highest BCUT2D eigenvalue weighted by atomic mass is 19.4. The average Bonchev–Trinajstić information content (AvgIpc) is 3.21. The molecule has 0 atom stereocenters. The summed E-state index contributed by atoms with van der Waals surface area (Å²) in [5.41, 5.74) is -2.17. The van der Waals surface area contributed by atoms with Crippen molar-refractivity contribution in [3.63, 3.8) is 0 Å². The van der Waals surface area contributed by atoms with Crippen molar-refractivity contribution >= 4 is 40.1 Å². The van der Waals surface area contributed by atoms with Gasteiger partial charge in [-0.15, -0.1) is 0 Å². The lowest BCUT2D eigenvalue weighted by Crippen LogP contribution is -2.28. The fraction of sp³-hybridized carbons (Fsp3) is 0.200. The molecule has 0 aliphatic heterocycles. The number of carbonyl (C=O) groups excluding carboxylic acids is 3. The van der Waals surface area contributed by atoms with Crippen molar-refractivity contribution in [3.05, 3.63) is 63.8 Å². The smallest absolute Gasteiger partial charge is 0.418 e. The largest absolute Gasteiger partial charge is 0.456 e. The molecule has 0 bridgehead atoms. The topological polar surface area (TPSA) is 156 Å². The van der Waals surface area contributed by atoms with E-state index < -0.39 is 52.4 Å². The van der Waals surface area contributed by atoms with Crippen molar-refractivity contribution in [2.24, 2.45) is 0 Å². The second-order valence-electron chi connectivity index (χ2n) is 6.82. The van der Waals surface area contributed by atoms with E-state index in [4.69, 9.17) is 4.74 Å². The van der Waals surface area contributed by atoms with E-state index in [2.05, 4.69) is 15.5 Å². The standard InChI is InChI=1S/C20H16F3N5O6/c21-20(22,23)13-9-11(28(32)33)5-6-15(13)25-16(29)10-34-17(30)7-8-24-19(31)18-12-3-1-2-4-14(12)26-27-18/h1-6,9H,7-8,10H2,(H,24,31)(H,25,29)(H,26,27). The third-order valence-corrected chi connectivity index (χ3v) is 4.46. The molecule has 11 nitrogen and oxygen atoms in total. The number of aromatic nitrogens is 2. The van der Waals surface area contributed by atoms with E-state index in [-0.39, 0.29) is 24.7 Å². The zero-order chi connectivity index (χ0) is 24.9. The summed E-state index contributed by atoms with van der Waals surface area (Å²) >= 11 is 0. The molecule has 34 heavy (non-hydrogen) atoms. The Kier molecular flexibility index (Phi) is 7.09. The fourth-order valence-corrected chi connectivity index (χ4v) is 2.89. The van der Waals surface area contributed by atoms with Crippen LogP contribution in [0.5, 0.6) is 0 Å². The molecule has 14 heteroatoms. The normalized spacial score (nSPS) is 11.1. The zero-order valence-electron chi connectivity index (χ0n) is 17.1. The van der Waals surface area contributed by atoms with E-state index in [0.717, 1.165) is 12.1 Å². The molecule has 0 aliphatic carbocycles. The van der Waals surface area contributed by atoms with Crippen LogP contribution in [-0.2, 0) is 20.5 Å². The monoisotopic (exact) mass is 479 g/mol. The third-order valence-electron chi connectivity index (χ3n) is 4.46. The van der Waals surface area contributed by atoms with Crippen molar-refractivity contribution < 1.29 is 37.2 Å². The number of anilines is 1. The number of amides is 2. The highest BCUT2D eigenvalue weighted by Crippen LogP contribution is 2.37. The predicted octanol–water partition coefficient (Wildman–Crippen LogP) is 2.79. The van der Waals surface area contributed by atoms with Gasteiger partial charge in [0.25, 0.3) is 17.5 Å². The van der Waals surface area contributed by atoms with Crippen LogP contribution in [0.15, 0.2) is 42.5 Å². The Morgan fingerprint density at radius 2 is 1.88 bits per heavy atom. The Balaban J connectivity index is 1.48. The number of ether oxygens (including phenoxy) is 1. The van der Waals surface area contributed by atoms with Crippen LogP contribution in [0.1, 0.15) is 22.5 Å². The minimum absolute atomic E-state index is 0.131. The first-order valence-corrected chi connectivity index (χ1v) is 9.58. The van der Waals surface area contributed by atoms with Gasteiger partial charge in [-0.1, -0.05) is 18.2 Å². The summed E-state index contributed by atoms with van der Waals surface area (Å²) in [5.74, 6) is -2.51. The van der Waals surface area contributed by atoms with Crippen LogP contribution in [-0.4, -0.2) is 46.1 Å². The second-order valence-corrected chi connectivity index (χ2v) is 6.82. The predicted molar refractivity (Wildman–Crippen MR) is 111 cm³/mol. The number of fused-ring (bicyclic) bond motifs is 1. The molecule has 0 fully saturated rings. The van der Waals surface area contributed by atoms with Gasteiger partial charge in [-0.2, -0.15) is 18.3 Å². The van der Waals surface area contributed by atoms with Gasteiger partial charge in [0.1, 0.15) is 0 Å². The number of carbonyl (C=O) groups is 3. The van der Waals surface area contributed by atoms with Crippen molar-refractivity contribution in [2.45, 2.75) is 12.6 Å². The summed E-state index contributed by atoms with van der Waals surface area (Å²) in [6, 6.07) is 8.72. The number of benzene rings is 2. The molecule has 1 heterocycles. The molecule has 0 saturated carbocycles. The van der Waals surface area contributed by atoms with Gasteiger partial charge in [0.05, 0.1) is 28.1 Å². The second kappa shape index (κ2) is 9.97. The maximum Gasteiger partial charge on any atom is 0.418 e. The molecule has 1 aromatic heterocycles. The molecule has 0 radical (unpaired) electrons. The van der Waals surface area contributed by atoms with Gasteiger partial charge in [0.2, 0.25) is 0 Å². The molecule has 178 valence electrons. The highest BCUT2D eigenvalue weighted by molar-refractivity contribution is 6.04. The molecule has 3 aromatic rings. The van der Waals surface area contributed by atoms with Gasteiger partial charge in [-0.05, 0) is 12.1 Å². The molecule has 2 aromatic carbocycles. The molecule has 2 amide bonds. The van der Waals surface area contributed by atoms with Crippen LogP contribution in [0.25, 0.3) is 10.9 Å². The number of hydrogen-bond donors (Lipinski definition) is 3. The lowest BCUT2D eigenvalue weighted by molar-refractivity contribution is -0.385. The van der Waals surface area contributed by atoms with Crippen LogP contribution in [0.2, 0.25) is 0 Å². The van der Waals surface area contributed by atoms with Crippen LogP contribution < -0.4 is 10.6 Å². The number of nitrogens with one attached hydrogen (secondary N) is 3. The first-order valence-electron chi connectivity index (χ1n) is 9.58. The molecule has 3 N–H and O–H groups in total. The average molecular weight is 479 g/mol. The summed E-state index contributed by atoms with van der Waals surface area (Å²) in [7, 11) is 0. The van der Waals surface area contributed by atoms with E-state index in [9.17, 15) is 37.7 Å². The number of nitro groups is 1. The molecule has 0 spiro atoms. The van der Waals surface area contributed by atoms with E-state index >= 15 is 0 Å². The summed E-state index contributed by atoms with van der Waals surface area (Å²) in [6.07, 6.45) is -5.28. The summed E-state index contributed by atoms with van der Waals surface area (Å²) < 4.78 is 44.1. The van der Waals surface area contributed by atoms with E-state index in [1.54, 1.807) is 24.3 Å². The van der Waals surface area contributed by atoms with Gasteiger partial charge >= 0.3 is 12.1 Å². The maximum absolute atomic E-state index is 13.1. The zero-order valence-corrected chi connectivity index (χ0v) is 17.1. The van der Waals surface area contributed by atoms with Gasteiger partial charge in [0.15, 0.2) is 12.3 Å². The summed E-state index contributed by atoms with van der Waals surface area (Å²) in [5, 5.41) is 22.3. The molecule has 0 unspecified atom stereocenters. The number of halogens is 3. The number of H-pyrrole nitrogens is 1. The van der Waals surface area contributed by atoms with E-state index in [0.29, 0.717) is 10.9 Å². The highest BCUT2D eigenvalue weighted by Gasteiger charge is 2.35. The van der Waals surface area contributed by atoms with Gasteiger partial charge < -0.3 is 15.4 Å². The number of alkyl halides is 3. The van der Waals surface area contributed by atoms with Gasteiger partial charge in [-0.3, -0.25) is 29.6 Å². The lowest BCUT2D eigenvalue weighted by Gasteiger charge is -2.13. The van der Waals surface area contributed by atoms with Crippen LogP contribution >= 0.6 is 0 Å². The number of para-hydroxylation sites is 1. The quantitative estimate of drug-likeness (QED) is 0.255. The first-order chi connectivity index (χ1) is 16.1. The van der Waals surface area contributed by atoms with Crippen LogP contribution in [0.4, 0.5) is 24.5 Å². The number of nitro benzene ring substituents is 1. The summed E-state index contributed by atoms with van der Waals surface area (Å²) in [6.45, 7) is -1.04. The Bertz CT molecular complexity index is 1260. The molecule has 3 rings (SSSR count). The molecular formula is C20H16F3N5O6. The van der Waals surface area contributed by atoms with Crippen molar-refractivity contribution in [1.29, 1.82) is 0 Å². The van der Waals surface area contributed by atoms with Crippen LogP contribution in [0, 0.1) is 10.1 Å². The van der Waals surface area contributed by atoms with Gasteiger partial charge in [-0.25, -0.2) is 0 Å². The van der Waals surface area contributed by atoms with Crippen molar-refractivity contribution in [3.8, 4) is 0 Å². The third kappa shape index (κ3) is 5.85. The number of rotatable bonds is 8. The number of nitrogens with zero attached hydrogens (tertiary/aromatic N) is 2. The number of non-ortho nitro benzene ring substituents is 1. The number of hydrogen-bond acceptors (Lipinski definition) is 7. The minimum atomic E-state index is -4.97. The number of esters is 1. The van der Waals surface area contributed by atoms with E-state index in [1.807, 2.05) is 5.32 Å². The molecular weight excluding hydrogens is 463 g/mol. The first kappa shape index (κ1) is 24.2. The van der Waals surface area contributed by atoms with Crippen LogP contribution in [0.3, 0.4) is 0 Å². The van der Waals surface area contributed by atoms with E-state index in [1.165, 1.54) is 0 Å². The van der Waals surface area contributed by atoms with Gasteiger partial charge in [0, 0.05) is 24.1 Å². The minimum Gasteiger partial charge on any atom is -0.456 e. The molecule has 0 saturated heterocycles.